The summed E-state index contributed by atoms with van der Waals surface area (Å²) >= 11 is 0. The Balaban J connectivity index is 0.00000280. The summed E-state index contributed by atoms with van der Waals surface area (Å²) in [5.74, 6) is 0.877. The number of guanidine groups is 1. The summed E-state index contributed by atoms with van der Waals surface area (Å²) < 4.78 is 2.16. The van der Waals surface area contributed by atoms with Crippen LogP contribution in [0.4, 0.5) is 0 Å². The van der Waals surface area contributed by atoms with Crippen molar-refractivity contribution in [1.82, 2.24) is 20.1 Å². The van der Waals surface area contributed by atoms with Gasteiger partial charge in [-0.15, -0.1) is 24.0 Å². The summed E-state index contributed by atoms with van der Waals surface area (Å²) in [7, 11) is 0. The average molecular weight is 495 g/mol. The lowest BCUT2D eigenvalue weighted by Gasteiger charge is -2.26. The molecule has 0 amide bonds. The maximum Gasteiger partial charge on any atom is 0.191 e. The highest BCUT2D eigenvalue weighted by atomic mass is 127. The van der Waals surface area contributed by atoms with E-state index in [1.807, 2.05) is 12.1 Å². The molecule has 154 valence electrons. The van der Waals surface area contributed by atoms with Crippen molar-refractivity contribution in [2.75, 3.05) is 26.2 Å². The maximum atomic E-state index is 4.72. The van der Waals surface area contributed by atoms with Crippen LogP contribution >= 0.6 is 24.0 Å². The molecule has 0 spiro atoms. The predicted octanol–water partition coefficient (Wildman–Crippen LogP) is 3.85. The number of nitrogens with one attached hydrogen (secondary N) is 2. The highest BCUT2D eigenvalue weighted by Crippen LogP contribution is 2.14. The molecule has 1 aromatic carbocycles. The molecule has 2 N–H and O–H groups in total. The van der Waals surface area contributed by atoms with Crippen molar-refractivity contribution >= 4 is 29.9 Å². The smallest absolute Gasteiger partial charge is 0.191 e. The quantitative estimate of drug-likeness (QED) is 0.332. The SMILES string of the molecule is CCNC(=NCc1ccc(CN2CCCCC2)cc1)NCCn1cccc1.I. The van der Waals surface area contributed by atoms with Gasteiger partial charge in [-0.05, 0) is 56.1 Å². The van der Waals surface area contributed by atoms with Crippen LogP contribution in [0.3, 0.4) is 0 Å². The molecule has 0 atom stereocenters. The fourth-order valence-electron chi connectivity index (χ4n) is 3.46. The molecule has 28 heavy (non-hydrogen) atoms. The Labute approximate surface area is 186 Å². The van der Waals surface area contributed by atoms with Crippen molar-refractivity contribution in [2.24, 2.45) is 4.99 Å². The number of likely N-dealkylation sites (tertiary alicyclic amines) is 1. The molecule has 0 bridgehead atoms. The third-order valence-electron chi connectivity index (χ3n) is 4.97. The molecule has 0 unspecified atom stereocenters. The Bertz CT molecular complexity index is 675. The molecule has 0 saturated carbocycles. The van der Waals surface area contributed by atoms with Crippen LogP contribution in [0.15, 0.2) is 53.8 Å². The zero-order valence-electron chi connectivity index (χ0n) is 16.9. The molecule has 1 saturated heterocycles. The summed E-state index contributed by atoms with van der Waals surface area (Å²) in [4.78, 5) is 7.29. The van der Waals surface area contributed by atoms with Gasteiger partial charge in [0.25, 0.3) is 0 Å². The maximum absolute atomic E-state index is 4.72. The van der Waals surface area contributed by atoms with E-state index in [-0.39, 0.29) is 24.0 Å². The summed E-state index contributed by atoms with van der Waals surface area (Å²) in [6, 6.07) is 13.0. The number of benzene rings is 1. The average Bonchev–Trinajstić information content (AvgIpc) is 3.21. The molecule has 0 aliphatic carbocycles. The topological polar surface area (TPSA) is 44.6 Å². The van der Waals surface area contributed by atoms with Crippen molar-refractivity contribution in [3.63, 3.8) is 0 Å². The van der Waals surface area contributed by atoms with E-state index in [4.69, 9.17) is 4.99 Å². The Kier molecular flexibility index (Phi) is 10.4. The number of nitrogens with zero attached hydrogens (tertiary/aromatic N) is 3. The first-order chi connectivity index (χ1) is 13.3. The van der Waals surface area contributed by atoms with E-state index in [1.54, 1.807) is 0 Å². The van der Waals surface area contributed by atoms with Gasteiger partial charge in [0.15, 0.2) is 5.96 Å². The van der Waals surface area contributed by atoms with Crippen molar-refractivity contribution in [1.29, 1.82) is 0 Å². The molecule has 1 aliphatic heterocycles. The molecule has 2 aromatic rings. The third kappa shape index (κ3) is 7.83. The van der Waals surface area contributed by atoms with Crippen LogP contribution in [-0.4, -0.2) is 41.6 Å². The Morgan fingerprint density at radius 3 is 2.32 bits per heavy atom. The number of halogens is 1. The molecule has 1 aromatic heterocycles. The number of aliphatic imine (C=N–C) groups is 1. The molecule has 1 aliphatic rings. The van der Waals surface area contributed by atoms with Gasteiger partial charge in [0.2, 0.25) is 0 Å². The van der Waals surface area contributed by atoms with Crippen LogP contribution in [0.5, 0.6) is 0 Å². The predicted molar refractivity (Wildman–Crippen MR) is 128 cm³/mol. The number of aromatic nitrogens is 1. The second-order valence-corrected chi connectivity index (χ2v) is 7.20. The number of rotatable bonds is 8. The largest absolute Gasteiger partial charge is 0.357 e. The molecular formula is C22H34IN5. The van der Waals surface area contributed by atoms with Gasteiger partial charge in [-0.3, -0.25) is 4.90 Å². The van der Waals surface area contributed by atoms with Crippen LogP contribution in [0.2, 0.25) is 0 Å². The van der Waals surface area contributed by atoms with Gasteiger partial charge in [-0.2, -0.15) is 0 Å². The van der Waals surface area contributed by atoms with E-state index in [1.165, 1.54) is 43.5 Å². The van der Waals surface area contributed by atoms with Crippen LogP contribution in [0.25, 0.3) is 0 Å². The molecule has 6 heteroatoms. The third-order valence-corrected chi connectivity index (χ3v) is 4.97. The first-order valence-corrected chi connectivity index (χ1v) is 10.3. The van der Waals surface area contributed by atoms with Gasteiger partial charge in [0.05, 0.1) is 6.54 Å². The summed E-state index contributed by atoms with van der Waals surface area (Å²) in [5, 5.41) is 6.73. The molecule has 1 fully saturated rings. The molecule has 5 nitrogen and oxygen atoms in total. The van der Waals surface area contributed by atoms with Gasteiger partial charge < -0.3 is 15.2 Å². The van der Waals surface area contributed by atoms with E-state index < -0.39 is 0 Å². The van der Waals surface area contributed by atoms with E-state index in [0.717, 1.165) is 32.1 Å². The van der Waals surface area contributed by atoms with Crippen LogP contribution < -0.4 is 10.6 Å². The van der Waals surface area contributed by atoms with Gasteiger partial charge in [-0.1, -0.05) is 30.7 Å². The lowest BCUT2D eigenvalue weighted by Crippen LogP contribution is -2.38. The number of piperidine rings is 1. The molecule has 0 radical (unpaired) electrons. The van der Waals surface area contributed by atoms with Gasteiger partial charge in [0.1, 0.15) is 0 Å². The molecule has 2 heterocycles. The standard InChI is InChI=1S/C22H33N5.HI/c1-2-23-22(24-12-17-26-13-6-7-14-26)25-18-20-8-10-21(11-9-20)19-27-15-4-3-5-16-27;/h6-11,13-14H,2-5,12,15-19H2,1H3,(H2,23,24,25);1H. The van der Waals surface area contributed by atoms with Crippen molar-refractivity contribution in [2.45, 2.75) is 45.8 Å². The normalized spacial score (nSPS) is 15.1. The van der Waals surface area contributed by atoms with E-state index in [9.17, 15) is 0 Å². The lowest BCUT2D eigenvalue weighted by molar-refractivity contribution is 0.221. The van der Waals surface area contributed by atoms with E-state index in [0.29, 0.717) is 6.54 Å². The van der Waals surface area contributed by atoms with Crippen LogP contribution in [0, 0.1) is 0 Å². The van der Waals surface area contributed by atoms with Crippen molar-refractivity contribution in [3.8, 4) is 0 Å². The molecule has 3 rings (SSSR count). The summed E-state index contributed by atoms with van der Waals surface area (Å²) in [6.07, 6.45) is 8.24. The highest BCUT2D eigenvalue weighted by Gasteiger charge is 2.10. The second-order valence-electron chi connectivity index (χ2n) is 7.20. The summed E-state index contributed by atoms with van der Waals surface area (Å²) in [6.45, 7) is 9.01. The number of hydrogen-bond donors (Lipinski definition) is 2. The zero-order chi connectivity index (χ0) is 18.7. The minimum absolute atomic E-state index is 0. The minimum Gasteiger partial charge on any atom is -0.357 e. The second kappa shape index (κ2) is 12.8. The van der Waals surface area contributed by atoms with Crippen LogP contribution in [0.1, 0.15) is 37.3 Å². The van der Waals surface area contributed by atoms with Crippen molar-refractivity contribution in [3.05, 3.63) is 59.9 Å². The van der Waals surface area contributed by atoms with Crippen molar-refractivity contribution < 1.29 is 0 Å². The first-order valence-electron chi connectivity index (χ1n) is 10.3. The van der Waals surface area contributed by atoms with Gasteiger partial charge in [0, 0.05) is 38.6 Å². The van der Waals surface area contributed by atoms with Gasteiger partial charge >= 0.3 is 0 Å². The number of hydrogen-bond acceptors (Lipinski definition) is 2. The fraction of sp³-hybridized carbons (Fsp3) is 0.500. The highest BCUT2D eigenvalue weighted by molar-refractivity contribution is 14.0. The Morgan fingerprint density at radius 2 is 1.64 bits per heavy atom. The Hall–Kier alpha value is -1.54. The monoisotopic (exact) mass is 495 g/mol. The zero-order valence-corrected chi connectivity index (χ0v) is 19.3. The summed E-state index contributed by atoms with van der Waals surface area (Å²) in [5.41, 5.74) is 2.65. The van der Waals surface area contributed by atoms with Gasteiger partial charge in [-0.25, -0.2) is 4.99 Å². The Morgan fingerprint density at radius 1 is 0.964 bits per heavy atom. The van der Waals surface area contributed by atoms with Crippen LogP contribution in [-0.2, 0) is 19.6 Å². The first kappa shape index (κ1) is 22.7. The lowest BCUT2D eigenvalue weighted by atomic mass is 10.1. The van der Waals surface area contributed by atoms with E-state index in [2.05, 4.69) is 63.7 Å². The molecular weight excluding hydrogens is 461 g/mol. The van der Waals surface area contributed by atoms with E-state index >= 15 is 0 Å². The fourth-order valence-corrected chi connectivity index (χ4v) is 3.46. The minimum atomic E-state index is 0.